The van der Waals surface area contributed by atoms with Crippen molar-refractivity contribution in [2.75, 3.05) is 7.11 Å². The zero-order valence-electron chi connectivity index (χ0n) is 17.9. The maximum absolute atomic E-state index is 12.4. The molecule has 0 radical (unpaired) electrons. The topological polar surface area (TPSA) is 116 Å². The van der Waals surface area contributed by atoms with Gasteiger partial charge in [-0.15, -0.1) is 0 Å². The van der Waals surface area contributed by atoms with Gasteiger partial charge in [-0.05, 0) is 51.3 Å². The molecule has 1 heterocycles. The number of fused-ring (bicyclic) bond motifs is 1. The molecule has 10 heteroatoms. The normalized spacial score (nSPS) is 11.0. The largest absolute Gasteiger partial charge is 0.493 e. The molecule has 172 valence electrons. The lowest BCUT2D eigenvalue weighted by Gasteiger charge is -2.13. The predicted molar refractivity (Wildman–Crippen MR) is 129 cm³/mol. The smallest absolute Gasteiger partial charge is 0.307 e. The number of rotatable bonds is 8. The van der Waals surface area contributed by atoms with Crippen LogP contribution in [0.15, 0.2) is 80.7 Å². The highest BCUT2D eigenvalue weighted by Crippen LogP contribution is 2.36. The Morgan fingerprint density at radius 2 is 1.97 bits per heavy atom. The molecule has 0 atom stereocenters. The van der Waals surface area contributed by atoms with E-state index in [1.54, 1.807) is 12.1 Å². The van der Waals surface area contributed by atoms with E-state index < -0.39 is 10.8 Å². The number of nitro groups is 1. The number of carbonyl (C=O) groups excluding carboxylic acids is 1. The summed E-state index contributed by atoms with van der Waals surface area (Å²) in [6.45, 7) is 0.375. The van der Waals surface area contributed by atoms with Crippen molar-refractivity contribution in [1.29, 1.82) is 0 Å². The Morgan fingerprint density at radius 3 is 2.71 bits per heavy atom. The van der Waals surface area contributed by atoms with Crippen molar-refractivity contribution in [1.82, 2.24) is 5.43 Å². The molecular weight excluding hydrogens is 506 g/mol. The van der Waals surface area contributed by atoms with E-state index in [1.807, 2.05) is 30.3 Å². The second-order valence-corrected chi connectivity index (χ2v) is 7.95. The van der Waals surface area contributed by atoms with E-state index in [2.05, 4.69) is 26.5 Å². The Hall–Kier alpha value is -4.18. The quantitative estimate of drug-likeness (QED) is 0.186. The number of carbonyl (C=O) groups is 1. The molecule has 0 saturated heterocycles. The van der Waals surface area contributed by atoms with Gasteiger partial charge in [0.2, 0.25) is 0 Å². The highest BCUT2D eigenvalue weighted by Gasteiger charge is 2.15. The van der Waals surface area contributed by atoms with Crippen LogP contribution in [0.25, 0.3) is 11.0 Å². The molecule has 1 N–H and O–H groups in total. The number of nitrogens with one attached hydrogen (secondary N) is 1. The number of benzene rings is 3. The third-order valence-electron chi connectivity index (χ3n) is 4.79. The number of hydrogen-bond acceptors (Lipinski definition) is 7. The van der Waals surface area contributed by atoms with E-state index in [0.29, 0.717) is 39.1 Å². The summed E-state index contributed by atoms with van der Waals surface area (Å²) in [6, 6.07) is 18.8. The van der Waals surface area contributed by atoms with Gasteiger partial charge in [-0.3, -0.25) is 14.9 Å². The minimum atomic E-state index is -0.594. The van der Waals surface area contributed by atoms with Crippen LogP contribution in [-0.2, 0) is 6.61 Å². The number of non-ortho nitro benzene ring substituents is 1. The molecule has 4 rings (SSSR count). The number of ether oxygens (including phenoxy) is 2. The lowest BCUT2D eigenvalue weighted by molar-refractivity contribution is -0.384. The molecule has 0 aliphatic heterocycles. The number of methoxy groups -OCH3 is 1. The Labute approximate surface area is 202 Å². The third kappa shape index (κ3) is 5.24. The first-order valence-electron chi connectivity index (χ1n) is 10.0. The van der Waals surface area contributed by atoms with Crippen molar-refractivity contribution in [3.8, 4) is 11.5 Å². The zero-order chi connectivity index (χ0) is 24.1. The summed E-state index contributed by atoms with van der Waals surface area (Å²) in [7, 11) is 1.53. The van der Waals surface area contributed by atoms with Crippen LogP contribution in [0.3, 0.4) is 0 Å². The molecule has 0 aliphatic rings. The highest BCUT2D eigenvalue weighted by molar-refractivity contribution is 9.10. The summed E-state index contributed by atoms with van der Waals surface area (Å²) in [6.07, 6.45) is 1.44. The highest BCUT2D eigenvalue weighted by atomic mass is 79.9. The number of nitrogens with zero attached hydrogens (tertiary/aromatic N) is 2. The van der Waals surface area contributed by atoms with Gasteiger partial charge in [0.05, 0.1) is 22.7 Å². The lowest BCUT2D eigenvalue weighted by Crippen LogP contribution is -2.16. The van der Waals surface area contributed by atoms with Crippen molar-refractivity contribution >= 4 is 44.7 Å². The third-order valence-corrected chi connectivity index (χ3v) is 5.38. The number of furan rings is 1. The predicted octanol–water partition coefficient (Wildman–Crippen LogP) is 5.46. The van der Waals surface area contributed by atoms with E-state index in [1.165, 1.54) is 37.6 Å². The zero-order valence-corrected chi connectivity index (χ0v) is 19.4. The molecule has 0 unspecified atom stereocenters. The van der Waals surface area contributed by atoms with Crippen molar-refractivity contribution < 1.29 is 23.6 Å². The van der Waals surface area contributed by atoms with Crippen LogP contribution in [-0.4, -0.2) is 24.2 Å². The average molecular weight is 524 g/mol. The molecular formula is C24H18BrN3O6. The molecule has 1 amide bonds. The fourth-order valence-electron chi connectivity index (χ4n) is 3.16. The first-order valence-corrected chi connectivity index (χ1v) is 10.8. The van der Waals surface area contributed by atoms with Gasteiger partial charge in [0, 0.05) is 17.5 Å². The Kier molecular flexibility index (Phi) is 6.88. The number of nitro benzene ring substituents is 1. The SMILES string of the molecule is COc1cc(/C=N/NC(=O)c2cc3cc([N+](=O)[O-])ccc3o2)cc(Br)c1OCc1ccccc1. The molecule has 0 spiro atoms. The molecule has 1 aromatic heterocycles. The van der Waals surface area contributed by atoms with E-state index in [9.17, 15) is 14.9 Å². The summed E-state index contributed by atoms with van der Waals surface area (Å²) in [4.78, 5) is 22.8. The van der Waals surface area contributed by atoms with Gasteiger partial charge in [0.25, 0.3) is 5.69 Å². The maximum Gasteiger partial charge on any atom is 0.307 e. The summed E-state index contributed by atoms with van der Waals surface area (Å²) in [5, 5.41) is 15.3. The van der Waals surface area contributed by atoms with E-state index >= 15 is 0 Å². The molecule has 34 heavy (non-hydrogen) atoms. The monoisotopic (exact) mass is 523 g/mol. The molecule has 0 fully saturated rings. The fraction of sp³-hybridized carbons (Fsp3) is 0.0833. The molecule has 0 bridgehead atoms. The van der Waals surface area contributed by atoms with Gasteiger partial charge in [0.1, 0.15) is 12.2 Å². The second kappa shape index (κ2) is 10.2. The molecule has 0 saturated carbocycles. The Morgan fingerprint density at radius 1 is 1.18 bits per heavy atom. The van der Waals surface area contributed by atoms with Crippen LogP contribution in [0.2, 0.25) is 0 Å². The standard InChI is InChI=1S/C24H18BrN3O6/c1-32-21-10-16(9-19(25)23(21)33-14-15-5-3-2-4-6-15)13-26-27-24(29)22-12-17-11-18(28(30)31)7-8-20(17)34-22/h2-13H,14H2,1H3,(H,27,29)/b26-13+. The van der Waals surface area contributed by atoms with Crippen LogP contribution >= 0.6 is 15.9 Å². The van der Waals surface area contributed by atoms with Gasteiger partial charge < -0.3 is 13.9 Å². The van der Waals surface area contributed by atoms with Crippen LogP contribution in [0.4, 0.5) is 5.69 Å². The van der Waals surface area contributed by atoms with E-state index in [0.717, 1.165) is 5.56 Å². The Balaban J connectivity index is 1.44. The van der Waals surface area contributed by atoms with Crippen LogP contribution in [0, 0.1) is 10.1 Å². The summed E-state index contributed by atoms with van der Waals surface area (Å²) in [5.74, 6) is 0.431. The van der Waals surface area contributed by atoms with Crippen LogP contribution in [0.1, 0.15) is 21.7 Å². The first kappa shape index (κ1) is 23.0. The van der Waals surface area contributed by atoms with Crippen LogP contribution < -0.4 is 14.9 Å². The maximum atomic E-state index is 12.4. The minimum Gasteiger partial charge on any atom is -0.493 e. The molecule has 0 aliphatic carbocycles. The molecule has 9 nitrogen and oxygen atoms in total. The minimum absolute atomic E-state index is 0.0175. The lowest BCUT2D eigenvalue weighted by atomic mass is 10.2. The van der Waals surface area contributed by atoms with E-state index in [4.69, 9.17) is 13.9 Å². The van der Waals surface area contributed by atoms with Crippen molar-refractivity contribution in [2.45, 2.75) is 6.61 Å². The molecule has 3 aromatic carbocycles. The van der Waals surface area contributed by atoms with Crippen molar-refractivity contribution in [3.05, 3.63) is 98.2 Å². The number of amides is 1. The molecule has 4 aromatic rings. The van der Waals surface area contributed by atoms with Gasteiger partial charge in [-0.1, -0.05) is 30.3 Å². The first-order chi connectivity index (χ1) is 16.4. The van der Waals surface area contributed by atoms with Crippen molar-refractivity contribution in [2.24, 2.45) is 5.10 Å². The number of halogens is 1. The Bertz CT molecular complexity index is 1380. The van der Waals surface area contributed by atoms with Gasteiger partial charge in [0.15, 0.2) is 17.3 Å². The number of hydrogen-bond donors (Lipinski definition) is 1. The summed E-state index contributed by atoms with van der Waals surface area (Å²) < 4.78 is 17.5. The average Bonchev–Trinajstić information content (AvgIpc) is 3.27. The van der Waals surface area contributed by atoms with Gasteiger partial charge >= 0.3 is 5.91 Å². The van der Waals surface area contributed by atoms with E-state index in [-0.39, 0.29) is 11.4 Å². The van der Waals surface area contributed by atoms with Crippen molar-refractivity contribution in [3.63, 3.8) is 0 Å². The van der Waals surface area contributed by atoms with Crippen LogP contribution in [0.5, 0.6) is 11.5 Å². The summed E-state index contributed by atoms with van der Waals surface area (Å²) in [5.41, 5.74) is 4.32. The number of hydrazone groups is 1. The summed E-state index contributed by atoms with van der Waals surface area (Å²) >= 11 is 3.49. The second-order valence-electron chi connectivity index (χ2n) is 7.10. The van der Waals surface area contributed by atoms with Gasteiger partial charge in [-0.2, -0.15) is 5.10 Å². The fourth-order valence-corrected chi connectivity index (χ4v) is 3.74. The van der Waals surface area contributed by atoms with Gasteiger partial charge in [-0.25, -0.2) is 5.43 Å².